The third-order valence-corrected chi connectivity index (χ3v) is 5.55. The van der Waals surface area contributed by atoms with Crippen LogP contribution in [0.1, 0.15) is 32.1 Å². The summed E-state index contributed by atoms with van der Waals surface area (Å²) < 4.78 is 0. The maximum absolute atomic E-state index is 12.2. The largest absolute Gasteiger partial charge is 0.364 e. The Labute approximate surface area is 140 Å². The van der Waals surface area contributed by atoms with Gasteiger partial charge in [0.15, 0.2) is 11.7 Å². The maximum atomic E-state index is 12.2. The predicted molar refractivity (Wildman–Crippen MR) is 87.6 cm³/mol. The van der Waals surface area contributed by atoms with Gasteiger partial charge in [0.1, 0.15) is 0 Å². The lowest BCUT2D eigenvalue weighted by atomic mass is 9.83. The van der Waals surface area contributed by atoms with Crippen molar-refractivity contribution in [2.75, 3.05) is 31.1 Å². The fourth-order valence-corrected chi connectivity index (χ4v) is 4.08. The van der Waals surface area contributed by atoms with Gasteiger partial charge in [-0.25, -0.2) is 4.98 Å². The van der Waals surface area contributed by atoms with E-state index in [9.17, 15) is 14.9 Å². The van der Waals surface area contributed by atoms with E-state index in [1.54, 1.807) is 6.07 Å². The zero-order chi connectivity index (χ0) is 17.2. The molecule has 1 aromatic heterocycles. The Morgan fingerprint density at radius 1 is 1.25 bits per heavy atom. The van der Waals surface area contributed by atoms with Crippen molar-refractivity contribution in [1.82, 2.24) is 0 Å². The lowest BCUT2D eigenvalue weighted by molar-refractivity contribution is -0.947. The van der Waals surface area contributed by atoms with Gasteiger partial charge in [-0.2, -0.15) is 0 Å². The number of nitro groups is 1. The first-order valence-electron chi connectivity index (χ1n) is 8.59. The second-order valence-electron chi connectivity index (χ2n) is 6.79. The van der Waals surface area contributed by atoms with Crippen LogP contribution in [0.2, 0.25) is 0 Å². The molecule has 4 N–H and O–H groups in total. The number of piperidine rings is 2. The van der Waals surface area contributed by atoms with Crippen molar-refractivity contribution in [2.24, 2.45) is 5.73 Å². The van der Waals surface area contributed by atoms with Gasteiger partial charge in [-0.05, 0) is 19.3 Å². The van der Waals surface area contributed by atoms with Crippen molar-refractivity contribution in [3.8, 4) is 0 Å². The molecule has 24 heavy (non-hydrogen) atoms. The van der Waals surface area contributed by atoms with Crippen molar-refractivity contribution in [3.63, 3.8) is 0 Å². The Balaban J connectivity index is 1.70. The van der Waals surface area contributed by atoms with E-state index in [2.05, 4.69) is 9.88 Å². The van der Waals surface area contributed by atoms with Gasteiger partial charge >= 0.3 is 5.69 Å². The molecular formula is C16H25N5O3+2. The van der Waals surface area contributed by atoms with E-state index in [0.29, 0.717) is 0 Å². The van der Waals surface area contributed by atoms with E-state index in [4.69, 9.17) is 5.73 Å². The number of hydrogen-bond donors (Lipinski definition) is 2. The molecule has 0 aromatic carbocycles. The summed E-state index contributed by atoms with van der Waals surface area (Å²) in [6.07, 6.45) is 6.41. The molecule has 3 rings (SSSR count). The zero-order valence-electron chi connectivity index (χ0n) is 13.8. The highest BCUT2D eigenvalue weighted by Crippen LogP contribution is 2.23. The van der Waals surface area contributed by atoms with E-state index in [1.165, 1.54) is 23.6 Å². The molecule has 0 unspecified atom stereocenters. The molecular weight excluding hydrogens is 310 g/mol. The van der Waals surface area contributed by atoms with Gasteiger partial charge in [0.2, 0.25) is 0 Å². The highest BCUT2D eigenvalue weighted by molar-refractivity contribution is 5.83. The predicted octanol–water partition coefficient (Wildman–Crippen LogP) is -0.698. The van der Waals surface area contributed by atoms with Crippen LogP contribution in [0.3, 0.4) is 0 Å². The van der Waals surface area contributed by atoms with Crippen LogP contribution < -0.4 is 20.5 Å². The molecule has 0 aliphatic carbocycles. The summed E-state index contributed by atoms with van der Waals surface area (Å²) >= 11 is 0. The SMILES string of the molecule is NC(=O)C1([NH+]2CCCCC2)CCN(c2ccc([N+](=O)[O-])c[nH+]2)CC1. The molecule has 3 heterocycles. The van der Waals surface area contributed by atoms with Crippen LogP contribution in [0.15, 0.2) is 18.3 Å². The summed E-state index contributed by atoms with van der Waals surface area (Å²) in [5, 5.41) is 10.7. The number of nitrogens with one attached hydrogen (secondary N) is 2. The van der Waals surface area contributed by atoms with Gasteiger partial charge in [0, 0.05) is 25.0 Å². The van der Waals surface area contributed by atoms with Crippen LogP contribution in [0.25, 0.3) is 0 Å². The molecule has 0 spiro atoms. The Morgan fingerprint density at radius 3 is 2.42 bits per heavy atom. The van der Waals surface area contributed by atoms with Crippen LogP contribution in [0.4, 0.5) is 11.5 Å². The average molecular weight is 335 g/mol. The molecule has 2 aliphatic heterocycles. The number of nitrogens with two attached hydrogens (primary N) is 1. The monoisotopic (exact) mass is 335 g/mol. The molecule has 0 atom stereocenters. The third kappa shape index (κ3) is 3.06. The third-order valence-electron chi connectivity index (χ3n) is 5.55. The first kappa shape index (κ1) is 16.6. The van der Waals surface area contributed by atoms with Crippen molar-refractivity contribution < 1.29 is 19.6 Å². The number of nitrogens with zero attached hydrogens (tertiary/aromatic N) is 2. The van der Waals surface area contributed by atoms with Gasteiger partial charge in [0.05, 0.1) is 31.1 Å². The Bertz CT molecular complexity index is 605. The van der Waals surface area contributed by atoms with Gasteiger partial charge in [0.25, 0.3) is 11.7 Å². The number of likely N-dealkylation sites (tertiary alicyclic amines) is 1. The second-order valence-corrected chi connectivity index (χ2v) is 6.79. The summed E-state index contributed by atoms with van der Waals surface area (Å²) in [6.45, 7) is 3.49. The van der Waals surface area contributed by atoms with Crippen LogP contribution in [0, 0.1) is 10.1 Å². The number of aromatic amines is 1. The van der Waals surface area contributed by atoms with E-state index in [1.807, 2.05) is 0 Å². The number of primary amides is 1. The minimum atomic E-state index is -0.461. The topological polar surface area (TPSA) is 108 Å². The summed E-state index contributed by atoms with van der Waals surface area (Å²) in [6, 6.07) is 3.22. The van der Waals surface area contributed by atoms with E-state index >= 15 is 0 Å². The van der Waals surface area contributed by atoms with Gasteiger partial charge in [-0.15, -0.1) is 0 Å². The Hall–Kier alpha value is -2.22. The van der Waals surface area contributed by atoms with Gasteiger partial charge in [-0.1, -0.05) is 0 Å². The van der Waals surface area contributed by atoms with Gasteiger partial charge in [-0.3, -0.25) is 19.8 Å². The highest BCUT2D eigenvalue weighted by Gasteiger charge is 2.50. The number of rotatable bonds is 4. The van der Waals surface area contributed by atoms with E-state index in [-0.39, 0.29) is 11.6 Å². The molecule has 8 heteroatoms. The first-order valence-corrected chi connectivity index (χ1v) is 8.59. The molecule has 2 saturated heterocycles. The summed E-state index contributed by atoms with van der Waals surface area (Å²) in [7, 11) is 0. The fourth-order valence-electron chi connectivity index (χ4n) is 4.08. The fraction of sp³-hybridized carbons (Fsp3) is 0.625. The molecule has 130 valence electrons. The number of H-pyrrole nitrogens is 1. The van der Waals surface area contributed by atoms with Crippen LogP contribution in [-0.2, 0) is 4.79 Å². The number of quaternary nitrogens is 1. The normalized spacial score (nSPS) is 21.4. The Kier molecular flexibility index (Phi) is 4.66. The van der Waals surface area contributed by atoms with Crippen LogP contribution >= 0.6 is 0 Å². The number of carbonyl (C=O) groups is 1. The maximum Gasteiger partial charge on any atom is 0.308 e. The smallest absolute Gasteiger partial charge is 0.308 e. The van der Waals surface area contributed by atoms with Crippen molar-refractivity contribution in [2.45, 2.75) is 37.6 Å². The summed E-state index contributed by atoms with van der Waals surface area (Å²) in [5.41, 5.74) is 5.39. The zero-order valence-corrected chi connectivity index (χ0v) is 13.8. The standard InChI is InChI=1S/C16H23N5O3/c17-15(22)16(20-8-2-1-3-9-20)6-10-19(11-7-16)14-5-4-13(12-18-14)21(23)24/h4-5,12H,1-3,6-11H2,(H2,17,22)/p+2. The Morgan fingerprint density at radius 2 is 1.92 bits per heavy atom. The molecule has 1 aromatic rings. The molecule has 0 saturated carbocycles. The number of carbonyl (C=O) groups excluding carboxylic acids is 1. The minimum Gasteiger partial charge on any atom is -0.364 e. The van der Waals surface area contributed by atoms with Crippen molar-refractivity contribution in [3.05, 3.63) is 28.4 Å². The van der Waals surface area contributed by atoms with Crippen LogP contribution in [0.5, 0.6) is 0 Å². The van der Waals surface area contributed by atoms with E-state index < -0.39 is 10.5 Å². The molecule has 0 radical (unpaired) electrons. The van der Waals surface area contributed by atoms with Crippen molar-refractivity contribution >= 4 is 17.4 Å². The summed E-state index contributed by atoms with van der Waals surface area (Å²) in [4.78, 5) is 29.0. The quantitative estimate of drug-likeness (QED) is 0.560. The number of anilines is 1. The number of amides is 1. The second kappa shape index (κ2) is 6.72. The summed E-state index contributed by atoms with van der Waals surface area (Å²) in [5.74, 6) is 0.652. The molecule has 8 nitrogen and oxygen atoms in total. The number of pyridine rings is 1. The number of aromatic nitrogens is 1. The van der Waals surface area contributed by atoms with Crippen molar-refractivity contribution in [1.29, 1.82) is 0 Å². The van der Waals surface area contributed by atoms with Crippen LogP contribution in [-0.4, -0.2) is 42.5 Å². The van der Waals surface area contributed by atoms with Gasteiger partial charge < -0.3 is 10.6 Å². The molecule has 2 fully saturated rings. The molecule has 0 bridgehead atoms. The lowest BCUT2D eigenvalue weighted by Crippen LogP contribution is -3.22. The average Bonchev–Trinajstić information content (AvgIpc) is 2.62. The first-order chi connectivity index (χ1) is 11.5. The molecule has 1 amide bonds. The number of hydrogen-bond acceptors (Lipinski definition) is 4. The molecule has 2 aliphatic rings. The lowest BCUT2D eigenvalue weighted by Gasteiger charge is -2.43. The van der Waals surface area contributed by atoms with E-state index in [0.717, 1.165) is 57.7 Å². The minimum absolute atomic E-state index is 0.0417. The highest BCUT2D eigenvalue weighted by atomic mass is 16.6.